The maximum atomic E-state index is 12.5. The van der Waals surface area contributed by atoms with E-state index in [1.165, 1.54) is 5.56 Å². The van der Waals surface area contributed by atoms with Crippen LogP contribution in [0.3, 0.4) is 0 Å². The van der Waals surface area contributed by atoms with Gasteiger partial charge >= 0.3 is 0 Å². The molecule has 1 fully saturated rings. The van der Waals surface area contributed by atoms with Crippen LogP contribution in [0.15, 0.2) is 82.0 Å². The molecule has 2 aliphatic rings. The lowest BCUT2D eigenvalue weighted by Gasteiger charge is -2.43. The van der Waals surface area contributed by atoms with Gasteiger partial charge in [0.1, 0.15) is 0 Å². The summed E-state index contributed by atoms with van der Waals surface area (Å²) < 4.78 is 8.30. The summed E-state index contributed by atoms with van der Waals surface area (Å²) in [7, 11) is 0. The number of oxazole rings is 1. The molecule has 2 aromatic carbocycles. The summed E-state index contributed by atoms with van der Waals surface area (Å²) in [5, 5.41) is 0. The third-order valence-corrected chi connectivity index (χ3v) is 7.35. The molecular weight excluding hydrogens is 450 g/mol. The van der Waals surface area contributed by atoms with Crippen molar-refractivity contribution in [3.8, 4) is 22.8 Å². The van der Waals surface area contributed by atoms with Crippen molar-refractivity contribution < 1.29 is 4.42 Å². The Morgan fingerprint density at radius 2 is 1.67 bits per heavy atom. The second kappa shape index (κ2) is 8.16. The van der Waals surface area contributed by atoms with E-state index in [1.807, 2.05) is 53.1 Å². The van der Waals surface area contributed by atoms with E-state index < -0.39 is 0 Å². The predicted molar refractivity (Wildman–Crippen MR) is 139 cm³/mol. The van der Waals surface area contributed by atoms with Crippen LogP contribution in [-0.4, -0.2) is 32.6 Å². The maximum absolute atomic E-state index is 12.5. The molecule has 36 heavy (non-hydrogen) atoms. The molecular formula is C29H25N5O2. The zero-order chi connectivity index (χ0) is 24.2. The van der Waals surface area contributed by atoms with E-state index in [9.17, 15) is 4.79 Å². The van der Waals surface area contributed by atoms with E-state index in [2.05, 4.69) is 30.0 Å². The average molecular weight is 476 g/mol. The Kier molecular flexibility index (Phi) is 4.77. The molecule has 0 spiro atoms. The Bertz CT molecular complexity index is 1640. The van der Waals surface area contributed by atoms with Gasteiger partial charge in [-0.15, -0.1) is 0 Å². The van der Waals surface area contributed by atoms with Gasteiger partial charge in [0.15, 0.2) is 11.6 Å². The molecule has 2 unspecified atom stereocenters. The van der Waals surface area contributed by atoms with Gasteiger partial charge in [-0.05, 0) is 37.5 Å². The molecule has 7 rings (SSSR count). The number of pyridine rings is 1. The summed E-state index contributed by atoms with van der Waals surface area (Å²) in [6, 6.07) is 23.7. The van der Waals surface area contributed by atoms with Gasteiger partial charge in [-0.25, -0.2) is 9.97 Å². The first-order chi connectivity index (χ1) is 17.6. The number of anilines is 1. The molecule has 2 aliphatic heterocycles. The van der Waals surface area contributed by atoms with Crippen LogP contribution in [0.5, 0.6) is 0 Å². The van der Waals surface area contributed by atoms with Crippen LogP contribution in [0.2, 0.25) is 0 Å². The second-order valence-corrected chi connectivity index (χ2v) is 9.88. The van der Waals surface area contributed by atoms with E-state index in [0.717, 1.165) is 48.7 Å². The number of fused-ring (bicyclic) bond motifs is 5. The Balaban J connectivity index is 1.36. The molecule has 0 saturated carbocycles. The van der Waals surface area contributed by atoms with Gasteiger partial charge in [0.2, 0.25) is 17.1 Å². The quantitative estimate of drug-likeness (QED) is 0.364. The molecule has 2 bridgehead atoms. The fraction of sp³-hybridized carbons (Fsp3) is 0.241. The smallest absolute Gasteiger partial charge is 0.250 e. The second-order valence-electron chi connectivity index (χ2n) is 9.88. The van der Waals surface area contributed by atoms with Crippen LogP contribution in [0.25, 0.3) is 34.1 Å². The number of hydrogen-bond acceptors (Lipinski definition) is 6. The van der Waals surface area contributed by atoms with Crippen LogP contribution in [0, 0.1) is 12.8 Å². The summed E-state index contributed by atoms with van der Waals surface area (Å²) in [4.78, 5) is 29.4. The van der Waals surface area contributed by atoms with E-state index in [1.54, 1.807) is 6.07 Å². The molecule has 3 aromatic heterocycles. The fourth-order valence-electron chi connectivity index (χ4n) is 5.63. The van der Waals surface area contributed by atoms with Crippen LogP contribution < -0.4 is 10.5 Å². The molecule has 2 atom stereocenters. The summed E-state index contributed by atoms with van der Waals surface area (Å²) in [5.74, 6) is 2.57. The molecule has 7 nitrogen and oxygen atoms in total. The summed E-state index contributed by atoms with van der Waals surface area (Å²) in [6.45, 7) is 4.36. The normalized spacial score (nSPS) is 18.9. The Labute approximate surface area is 208 Å². The van der Waals surface area contributed by atoms with E-state index >= 15 is 0 Å². The van der Waals surface area contributed by atoms with Gasteiger partial charge in [0, 0.05) is 48.4 Å². The Hall–Kier alpha value is -4.26. The SMILES string of the molecule is Cc1ccc(-c2nc3nc(-c4ccccc4)nc(N4CC5CC(C4)c4cccc(=O)n4C5)c3o2)cc1. The van der Waals surface area contributed by atoms with Crippen molar-refractivity contribution in [1.29, 1.82) is 0 Å². The fourth-order valence-corrected chi connectivity index (χ4v) is 5.63. The van der Waals surface area contributed by atoms with Crippen LogP contribution in [0.1, 0.15) is 23.6 Å². The average Bonchev–Trinajstić information content (AvgIpc) is 3.34. The van der Waals surface area contributed by atoms with Crippen LogP contribution >= 0.6 is 0 Å². The molecule has 0 N–H and O–H groups in total. The number of rotatable bonds is 3. The number of aromatic nitrogens is 4. The minimum atomic E-state index is 0.0874. The summed E-state index contributed by atoms with van der Waals surface area (Å²) in [5.41, 5.74) is 5.39. The van der Waals surface area contributed by atoms with Crippen molar-refractivity contribution in [3.05, 3.63) is 94.4 Å². The van der Waals surface area contributed by atoms with Gasteiger partial charge < -0.3 is 13.9 Å². The zero-order valence-electron chi connectivity index (χ0n) is 20.0. The van der Waals surface area contributed by atoms with E-state index in [0.29, 0.717) is 28.9 Å². The highest BCUT2D eigenvalue weighted by molar-refractivity contribution is 5.85. The molecule has 0 radical (unpaired) electrons. The maximum Gasteiger partial charge on any atom is 0.250 e. The predicted octanol–water partition coefficient (Wildman–Crippen LogP) is 5.05. The molecule has 178 valence electrons. The minimum Gasteiger partial charge on any atom is -0.430 e. The number of benzene rings is 2. The van der Waals surface area contributed by atoms with Gasteiger partial charge in [-0.3, -0.25) is 4.79 Å². The van der Waals surface area contributed by atoms with Crippen molar-refractivity contribution in [3.63, 3.8) is 0 Å². The number of piperidine rings is 1. The van der Waals surface area contributed by atoms with Gasteiger partial charge in [-0.1, -0.05) is 54.1 Å². The topological polar surface area (TPSA) is 77.1 Å². The summed E-state index contributed by atoms with van der Waals surface area (Å²) in [6.07, 6.45) is 1.07. The first-order valence-electron chi connectivity index (χ1n) is 12.4. The monoisotopic (exact) mass is 475 g/mol. The van der Waals surface area contributed by atoms with Crippen LogP contribution in [-0.2, 0) is 6.54 Å². The zero-order valence-corrected chi connectivity index (χ0v) is 20.0. The lowest BCUT2D eigenvalue weighted by Crippen LogP contribution is -2.47. The lowest BCUT2D eigenvalue weighted by atomic mass is 9.83. The first-order valence-corrected chi connectivity index (χ1v) is 12.4. The molecule has 0 aliphatic carbocycles. The van der Waals surface area contributed by atoms with Gasteiger partial charge in [-0.2, -0.15) is 4.98 Å². The van der Waals surface area contributed by atoms with Crippen molar-refractivity contribution in [1.82, 2.24) is 19.5 Å². The van der Waals surface area contributed by atoms with Gasteiger partial charge in [0.25, 0.3) is 5.56 Å². The van der Waals surface area contributed by atoms with Gasteiger partial charge in [0.05, 0.1) is 0 Å². The summed E-state index contributed by atoms with van der Waals surface area (Å²) >= 11 is 0. The van der Waals surface area contributed by atoms with Crippen molar-refractivity contribution in [2.24, 2.45) is 5.92 Å². The number of hydrogen-bond donors (Lipinski definition) is 0. The van der Waals surface area contributed by atoms with Crippen molar-refractivity contribution >= 4 is 17.0 Å². The molecule has 5 heterocycles. The number of aryl methyl sites for hydroxylation is 1. The molecule has 0 amide bonds. The number of nitrogens with zero attached hydrogens (tertiary/aromatic N) is 5. The standard InChI is InChI=1S/C29H25N5O2/c1-18-10-12-21(13-11-18)29-32-27-25(36-29)28(31-26(30-27)20-6-3-2-4-7-20)33-15-19-14-22(17-33)23-8-5-9-24(35)34(23)16-19/h2-13,19,22H,14-17H2,1H3. The largest absolute Gasteiger partial charge is 0.430 e. The van der Waals surface area contributed by atoms with Crippen LogP contribution in [0.4, 0.5) is 5.82 Å². The highest BCUT2D eigenvalue weighted by Crippen LogP contribution is 2.39. The van der Waals surface area contributed by atoms with E-state index in [-0.39, 0.29) is 11.5 Å². The first kappa shape index (κ1) is 21.1. The van der Waals surface area contributed by atoms with E-state index in [4.69, 9.17) is 19.4 Å². The Morgan fingerprint density at radius 1 is 0.833 bits per heavy atom. The third kappa shape index (κ3) is 3.50. The molecule has 7 heteroatoms. The van der Waals surface area contributed by atoms with Crippen molar-refractivity contribution in [2.75, 3.05) is 18.0 Å². The van der Waals surface area contributed by atoms with Crippen molar-refractivity contribution in [2.45, 2.75) is 25.8 Å². The molecule has 1 saturated heterocycles. The highest BCUT2D eigenvalue weighted by Gasteiger charge is 2.36. The minimum absolute atomic E-state index is 0.0874. The third-order valence-electron chi connectivity index (χ3n) is 7.35. The highest BCUT2D eigenvalue weighted by atomic mass is 16.4. The Morgan fingerprint density at radius 3 is 2.50 bits per heavy atom. The lowest BCUT2D eigenvalue weighted by molar-refractivity contribution is 0.280. The molecule has 5 aromatic rings.